The van der Waals surface area contributed by atoms with E-state index in [4.69, 9.17) is 15.9 Å². The van der Waals surface area contributed by atoms with Crippen molar-refractivity contribution in [3.8, 4) is 0 Å². The number of aliphatic hydroxyl groups excluding tert-OH is 1. The monoisotopic (exact) mass is 274 g/mol. The number of aromatic carboxylic acids is 1. The van der Waals surface area contributed by atoms with Crippen molar-refractivity contribution in [2.45, 2.75) is 17.9 Å². The van der Waals surface area contributed by atoms with Crippen molar-refractivity contribution in [1.29, 1.82) is 0 Å². The molecule has 0 aliphatic heterocycles. The maximum atomic E-state index is 11.9. The van der Waals surface area contributed by atoms with Crippen molar-refractivity contribution in [2.24, 2.45) is 0 Å². The van der Waals surface area contributed by atoms with Crippen molar-refractivity contribution < 1.29 is 23.4 Å². The fourth-order valence-electron chi connectivity index (χ4n) is 1.25. The van der Waals surface area contributed by atoms with Crippen LogP contribution in [0.25, 0.3) is 0 Å². The van der Waals surface area contributed by atoms with Crippen LogP contribution >= 0.6 is 0 Å². The summed E-state index contributed by atoms with van der Waals surface area (Å²) in [5.74, 6) is -1.37. The Morgan fingerprint density at radius 2 is 2.11 bits per heavy atom. The fraction of sp³-hybridized carbons (Fsp3) is 0.300. The number of carboxylic acids is 1. The molecule has 0 radical (unpaired) electrons. The lowest BCUT2D eigenvalue weighted by atomic mass is 10.2. The Kier molecular flexibility index (Phi) is 4.28. The van der Waals surface area contributed by atoms with Gasteiger partial charge in [-0.3, -0.25) is 0 Å². The van der Waals surface area contributed by atoms with Crippen molar-refractivity contribution in [3.63, 3.8) is 0 Å². The Hall–Kier alpha value is -1.64. The maximum Gasteiger partial charge on any atom is 0.337 e. The molecule has 18 heavy (non-hydrogen) atoms. The number of rotatable bonds is 5. The zero-order valence-corrected chi connectivity index (χ0v) is 10.4. The van der Waals surface area contributed by atoms with Crippen LogP contribution in [0.3, 0.4) is 0 Å². The summed E-state index contributed by atoms with van der Waals surface area (Å²) in [6.07, 6.45) is -0.880. The lowest BCUT2D eigenvalue weighted by Crippen LogP contribution is -2.31. The number of nitrogens with two attached hydrogens (primary N) is 1. The van der Waals surface area contributed by atoms with Crippen molar-refractivity contribution in [1.82, 2.24) is 4.72 Å². The van der Waals surface area contributed by atoms with E-state index in [1.807, 2.05) is 0 Å². The van der Waals surface area contributed by atoms with Gasteiger partial charge in [0.2, 0.25) is 10.0 Å². The molecule has 0 saturated heterocycles. The normalized spacial score (nSPS) is 13.2. The van der Waals surface area contributed by atoms with Crippen LogP contribution in [0.5, 0.6) is 0 Å². The molecule has 0 unspecified atom stereocenters. The summed E-state index contributed by atoms with van der Waals surface area (Å²) in [6.45, 7) is 1.19. The molecule has 0 amide bonds. The molecule has 0 aliphatic carbocycles. The van der Waals surface area contributed by atoms with E-state index in [9.17, 15) is 13.2 Å². The summed E-state index contributed by atoms with van der Waals surface area (Å²) < 4.78 is 25.8. The third kappa shape index (κ3) is 3.42. The number of hydrogen-bond acceptors (Lipinski definition) is 5. The molecule has 1 rings (SSSR count). The molecule has 8 heteroatoms. The largest absolute Gasteiger partial charge is 0.478 e. The highest BCUT2D eigenvalue weighted by molar-refractivity contribution is 7.89. The Bertz CT molecular complexity index is 553. The van der Waals surface area contributed by atoms with E-state index in [0.717, 1.165) is 12.1 Å². The lowest BCUT2D eigenvalue weighted by Gasteiger charge is -2.11. The Morgan fingerprint density at radius 1 is 1.50 bits per heavy atom. The molecule has 1 atom stereocenters. The number of nitrogens with one attached hydrogen (secondary N) is 1. The first-order valence-electron chi connectivity index (χ1n) is 5.04. The molecule has 0 spiro atoms. The maximum absolute atomic E-state index is 11.9. The van der Waals surface area contributed by atoms with Crippen LogP contribution in [0.2, 0.25) is 0 Å². The predicted octanol–water partition coefficient (Wildman–Crippen LogP) is -0.374. The first-order chi connectivity index (χ1) is 8.24. The summed E-state index contributed by atoms with van der Waals surface area (Å²) in [6, 6.07) is 3.49. The quantitative estimate of drug-likeness (QED) is 0.542. The average molecular weight is 274 g/mol. The number of hydrogen-bond donors (Lipinski definition) is 4. The minimum absolute atomic E-state index is 0.137. The van der Waals surface area contributed by atoms with Gasteiger partial charge in [0.25, 0.3) is 0 Å². The van der Waals surface area contributed by atoms with Gasteiger partial charge < -0.3 is 15.9 Å². The zero-order valence-electron chi connectivity index (χ0n) is 9.62. The minimum Gasteiger partial charge on any atom is -0.478 e. The number of aliphatic hydroxyl groups is 1. The summed E-state index contributed by atoms with van der Waals surface area (Å²) in [4.78, 5) is 10.5. The Labute approximate surface area is 104 Å². The van der Waals surface area contributed by atoms with E-state index in [2.05, 4.69) is 4.72 Å². The topological polar surface area (TPSA) is 130 Å². The summed E-state index contributed by atoms with van der Waals surface area (Å²) in [5, 5.41) is 17.9. The van der Waals surface area contributed by atoms with E-state index in [1.54, 1.807) is 0 Å². The molecular weight excluding hydrogens is 260 g/mol. The highest BCUT2D eigenvalue weighted by atomic mass is 32.2. The average Bonchev–Trinajstić information content (AvgIpc) is 2.26. The third-order valence-electron chi connectivity index (χ3n) is 2.09. The van der Waals surface area contributed by atoms with Crippen LogP contribution < -0.4 is 10.5 Å². The van der Waals surface area contributed by atoms with Gasteiger partial charge >= 0.3 is 5.97 Å². The van der Waals surface area contributed by atoms with Crippen LogP contribution in [0.15, 0.2) is 23.1 Å². The standard InChI is InChI=1S/C10H14N2O5S/c1-6(13)5-12-18(16,17)9-4-7(11)2-3-8(9)10(14)15/h2-4,6,12-13H,5,11H2,1H3,(H,14,15)/t6-/m1/s1. The molecule has 0 aromatic heterocycles. The molecule has 0 fully saturated rings. The second-order valence-corrected chi connectivity index (χ2v) is 5.50. The fourth-order valence-corrected chi connectivity index (χ4v) is 2.60. The molecule has 1 aromatic carbocycles. The molecule has 1 aromatic rings. The molecule has 0 saturated carbocycles. The number of nitrogen functional groups attached to an aromatic ring is 1. The van der Waals surface area contributed by atoms with Crippen molar-refractivity contribution >= 4 is 21.7 Å². The van der Waals surface area contributed by atoms with E-state index in [1.165, 1.54) is 13.0 Å². The first kappa shape index (κ1) is 14.4. The van der Waals surface area contributed by atoms with Crippen molar-refractivity contribution in [2.75, 3.05) is 12.3 Å². The highest BCUT2D eigenvalue weighted by Crippen LogP contribution is 2.19. The molecular formula is C10H14N2O5S. The molecule has 0 aliphatic rings. The summed E-state index contributed by atoms with van der Waals surface area (Å²) in [7, 11) is -4.02. The van der Waals surface area contributed by atoms with Gasteiger partial charge in [-0.05, 0) is 25.1 Å². The van der Waals surface area contributed by atoms with Gasteiger partial charge in [0.05, 0.1) is 16.6 Å². The molecule has 0 bridgehead atoms. The lowest BCUT2D eigenvalue weighted by molar-refractivity contribution is 0.0692. The van der Waals surface area contributed by atoms with Crippen LogP contribution in [0, 0.1) is 0 Å². The van der Waals surface area contributed by atoms with E-state index < -0.39 is 27.0 Å². The second-order valence-electron chi connectivity index (χ2n) is 3.76. The van der Waals surface area contributed by atoms with E-state index >= 15 is 0 Å². The summed E-state index contributed by atoms with van der Waals surface area (Å²) >= 11 is 0. The Morgan fingerprint density at radius 3 is 2.61 bits per heavy atom. The SMILES string of the molecule is C[C@@H](O)CNS(=O)(=O)c1cc(N)ccc1C(=O)O. The number of sulfonamides is 1. The summed E-state index contributed by atoms with van der Waals surface area (Å²) in [5.41, 5.74) is 5.21. The van der Waals surface area contributed by atoms with Crippen LogP contribution in [0.1, 0.15) is 17.3 Å². The van der Waals surface area contributed by atoms with Gasteiger partial charge in [-0.1, -0.05) is 0 Å². The van der Waals surface area contributed by atoms with Crippen LogP contribution in [-0.4, -0.2) is 37.2 Å². The minimum atomic E-state index is -4.02. The number of carboxylic acid groups (broad SMARTS) is 1. The second kappa shape index (κ2) is 5.34. The zero-order chi connectivity index (χ0) is 13.9. The first-order valence-corrected chi connectivity index (χ1v) is 6.53. The smallest absolute Gasteiger partial charge is 0.337 e. The molecule has 0 heterocycles. The number of benzene rings is 1. The van der Waals surface area contributed by atoms with Gasteiger partial charge in [-0.2, -0.15) is 0 Å². The predicted molar refractivity (Wildman–Crippen MR) is 64.7 cm³/mol. The van der Waals surface area contributed by atoms with E-state index in [-0.39, 0.29) is 17.8 Å². The van der Waals surface area contributed by atoms with Gasteiger partial charge in [-0.15, -0.1) is 0 Å². The number of carbonyl (C=O) groups is 1. The van der Waals surface area contributed by atoms with Gasteiger partial charge in [0, 0.05) is 12.2 Å². The van der Waals surface area contributed by atoms with Crippen molar-refractivity contribution in [3.05, 3.63) is 23.8 Å². The van der Waals surface area contributed by atoms with Crippen LogP contribution in [0.4, 0.5) is 5.69 Å². The highest BCUT2D eigenvalue weighted by Gasteiger charge is 2.22. The van der Waals surface area contributed by atoms with E-state index in [0.29, 0.717) is 0 Å². The number of anilines is 1. The van der Waals surface area contributed by atoms with Gasteiger partial charge in [0.15, 0.2) is 0 Å². The third-order valence-corrected chi connectivity index (χ3v) is 3.56. The van der Waals surface area contributed by atoms with Gasteiger partial charge in [0.1, 0.15) is 0 Å². The molecule has 100 valence electrons. The van der Waals surface area contributed by atoms with Crippen LogP contribution in [-0.2, 0) is 10.0 Å². The Balaban J connectivity index is 3.22. The molecule has 7 nitrogen and oxygen atoms in total. The molecule has 5 N–H and O–H groups in total. The van der Waals surface area contributed by atoms with Gasteiger partial charge in [-0.25, -0.2) is 17.9 Å².